The van der Waals surface area contributed by atoms with Crippen LogP contribution in [0.25, 0.3) is 0 Å². The molecule has 0 radical (unpaired) electrons. The van der Waals surface area contributed by atoms with Gasteiger partial charge in [0.05, 0.1) is 5.02 Å². The number of anilines is 1. The highest BCUT2D eigenvalue weighted by Gasteiger charge is 2.19. The Bertz CT molecular complexity index is 674. The third kappa shape index (κ3) is 4.29. The summed E-state index contributed by atoms with van der Waals surface area (Å²) in [7, 11) is 0. The molecule has 0 aliphatic carbocycles. The summed E-state index contributed by atoms with van der Waals surface area (Å²) in [5.41, 5.74) is 6.62. The van der Waals surface area contributed by atoms with E-state index in [9.17, 15) is 9.18 Å². The van der Waals surface area contributed by atoms with Crippen molar-refractivity contribution in [3.05, 3.63) is 50.9 Å². The summed E-state index contributed by atoms with van der Waals surface area (Å²) in [6.07, 6.45) is 0.542. The van der Waals surface area contributed by atoms with Crippen molar-refractivity contribution in [2.75, 3.05) is 5.32 Å². The summed E-state index contributed by atoms with van der Waals surface area (Å²) in [6.45, 7) is 3.84. The Morgan fingerprint density at radius 2 is 2.14 bits per heavy atom. The molecule has 3 N–H and O–H groups in total. The van der Waals surface area contributed by atoms with Crippen molar-refractivity contribution in [1.29, 1.82) is 0 Å². The molecule has 1 aromatic carbocycles. The van der Waals surface area contributed by atoms with E-state index in [1.165, 1.54) is 23.1 Å². The van der Waals surface area contributed by atoms with Gasteiger partial charge in [-0.1, -0.05) is 18.5 Å². The van der Waals surface area contributed by atoms with Gasteiger partial charge in [-0.05, 0) is 43.7 Å². The molecule has 0 fully saturated rings. The molecule has 22 heavy (non-hydrogen) atoms. The lowest BCUT2D eigenvalue weighted by atomic mass is 10.0. The summed E-state index contributed by atoms with van der Waals surface area (Å²) in [5, 5.41) is 2.71. The fraction of sp³-hybridized carbons (Fsp3) is 0.312. The van der Waals surface area contributed by atoms with E-state index < -0.39 is 5.82 Å². The van der Waals surface area contributed by atoms with Crippen LogP contribution in [0.4, 0.5) is 10.1 Å². The molecule has 0 spiro atoms. The van der Waals surface area contributed by atoms with Crippen LogP contribution in [-0.2, 0) is 4.79 Å². The Morgan fingerprint density at radius 3 is 2.73 bits per heavy atom. The van der Waals surface area contributed by atoms with E-state index in [1.807, 2.05) is 26.0 Å². The molecule has 0 bridgehead atoms. The van der Waals surface area contributed by atoms with E-state index in [0.29, 0.717) is 12.1 Å². The summed E-state index contributed by atoms with van der Waals surface area (Å²) in [4.78, 5) is 14.4. The van der Waals surface area contributed by atoms with Gasteiger partial charge in [-0.15, -0.1) is 11.3 Å². The minimum absolute atomic E-state index is 0.0174. The average Bonchev–Trinajstić information content (AvgIpc) is 2.89. The molecule has 6 heteroatoms. The highest BCUT2D eigenvalue weighted by molar-refractivity contribution is 7.12. The second-order valence-electron chi connectivity index (χ2n) is 5.31. The molecule has 0 saturated heterocycles. The monoisotopic (exact) mass is 340 g/mol. The SMILES string of the molecule is Cc1ccc([C@H](N)C[C@H](C)C(=O)Nc2ccc(F)c(Cl)c2)s1. The average molecular weight is 341 g/mol. The van der Waals surface area contributed by atoms with Gasteiger partial charge in [0.2, 0.25) is 5.91 Å². The fourth-order valence-electron chi connectivity index (χ4n) is 2.10. The Labute approximate surface area is 138 Å². The lowest BCUT2D eigenvalue weighted by Crippen LogP contribution is -2.24. The van der Waals surface area contributed by atoms with Gasteiger partial charge in [0, 0.05) is 27.4 Å². The van der Waals surface area contributed by atoms with Gasteiger partial charge in [-0.3, -0.25) is 4.79 Å². The van der Waals surface area contributed by atoms with Crippen molar-refractivity contribution in [1.82, 2.24) is 0 Å². The van der Waals surface area contributed by atoms with E-state index in [4.69, 9.17) is 17.3 Å². The minimum atomic E-state index is -0.511. The molecular formula is C16H18ClFN2OS. The Hall–Kier alpha value is -1.43. The van der Waals surface area contributed by atoms with E-state index in [1.54, 1.807) is 11.3 Å². The second-order valence-corrected chi connectivity index (χ2v) is 7.04. The molecule has 0 saturated carbocycles. The van der Waals surface area contributed by atoms with Crippen LogP contribution in [0, 0.1) is 18.7 Å². The molecule has 2 aromatic rings. The normalized spacial score (nSPS) is 13.7. The number of rotatable bonds is 5. The van der Waals surface area contributed by atoms with Crippen molar-refractivity contribution < 1.29 is 9.18 Å². The van der Waals surface area contributed by atoms with Crippen LogP contribution in [-0.4, -0.2) is 5.91 Å². The van der Waals surface area contributed by atoms with Crippen molar-refractivity contribution in [2.24, 2.45) is 11.7 Å². The third-order valence-corrected chi connectivity index (χ3v) is 4.79. The molecule has 0 unspecified atom stereocenters. The number of benzene rings is 1. The quantitative estimate of drug-likeness (QED) is 0.841. The van der Waals surface area contributed by atoms with Crippen LogP contribution < -0.4 is 11.1 Å². The van der Waals surface area contributed by atoms with Crippen LogP contribution in [0.1, 0.15) is 29.1 Å². The highest BCUT2D eigenvalue weighted by Crippen LogP contribution is 2.26. The number of aryl methyl sites for hydroxylation is 1. The molecule has 2 rings (SSSR count). The van der Waals surface area contributed by atoms with Crippen molar-refractivity contribution in [2.45, 2.75) is 26.3 Å². The first kappa shape index (κ1) is 16.9. The van der Waals surface area contributed by atoms with Gasteiger partial charge in [0.25, 0.3) is 0 Å². The molecule has 2 atom stereocenters. The standard InChI is InChI=1S/C16H18ClFN2OS/c1-9(7-14(19)15-6-3-10(2)22-15)16(21)20-11-4-5-13(18)12(17)8-11/h3-6,8-9,14H,7,19H2,1-2H3,(H,20,21)/t9-,14+/m0/s1. The molecule has 0 aliphatic rings. The summed E-state index contributed by atoms with van der Waals surface area (Å²) in [5.74, 6) is -0.935. The maximum atomic E-state index is 13.1. The van der Waals surface area contributed by atoms with Crippen LogP contribution in [0.15, 0.2) is 30.3 Å². The number of carbonyl (C=O) groups is 1. The number of halogens is 2. The van der Waals surface area contributed by atoms with Gasteiger partial charge in [-0.2, -0.15) is 0 Å². The lowest BCUT2D eigenvalue weighted by molar-refractivity contribution is -0.119. The first-order valence-corrected chi connectivity index (χ1v) is 8.14. The van der Waals surface area contributed by atoms with Crippen LogP contribution in [0.3, 0.4) is 0 Å². The van der Waals surface area contributed by atoms with E-state index in [0.717, 1.165) is 4.88 Å². The summed E-state index contributed by atoms with van der Waals surface area (Å²) < 4.78 is 13.1. The smallest absolute Gasteiger partial charge is 0.227 e. The van der Waals surface area contributed by atoms with Crippen LogP contribution in [0.2, 0.25) is 5.02 Å². The van der Waals surface area contributed by atoms with Crippen molar-refractivity contribution in [3.8, 4) is 0 Å². The van der Waals surface area contributed by atoms with E-state index in [2.05, 4.69) is 5.32 Å². The van der Waals surface area contributed by atoms with E-state index in [-0.39, 0.29) is 22.9 Å². The Morgan fingerprint density at radius 1 is 1.41 bits per heavy atom. The number of amides is 1. The maximum absolute atomic E-state index is 13.1. The van der Waals surface area contributed by atoms with Crippen LogP contribution >= 0.6 is 22.9 Å². The molecule has 3 nitrogen and oxygen atoms in total. The molecule has 1 amide bonds. The topological polar surface area (TPSA) is 55.1 Å². The Kier molecular flexibility index (Phi) is 5.56. The zero-order valence-electron chi connectivity index (χ0n) is 12.4. The predicted octanol–water partition coefficient (Wildman–Crippen LogP) is 4.51. The second kappa shape index (κ2) is 7.22. The van der Waals surface area contributed by atoms with Gasteiger partial charge in [-0.25, -0.2) is 4.39 Å². The number of thiophene rings is 1. The molecule has 0 aliphatic heterocycles. The summed E-state index contributed by atoms with van der Waals surface area (Å²) in [6, 6.07) is 7.94. The third-order valence-electron chi connectivity index (χ3n) is 3.37. The van der Waals surface area contributed by atoms with Gasteiger partial charge in [0.1, 0.15) is 5.82 Å². The molecular weight excluding hydrogens is 323 g/mol. The molecule has 1 aromatic heterocycles. The van der Waals surface area contributed by atoms with Gasteiger partial charge < -0.3 is 11.1 Å². The molecule has 1 heterocycles. The zero-order chi connectivity index (χ0) is 16.3. The van der Waals surface area contributed by atoms with Crippen LogP contribution in [0.5, 0.6) is 0 Å². The maximum Gasteiger partial charge on any atom is 0.227 e. The highest BCUT2D eigenvalue weighted by atomic mass is 35.5. The number of carbonyl (C=O) groups excluding carboxylic acids is 1. The fourth-order valence-corrected chi connectivity index (χ4v) is 3.17. The Balaban J connectivity index is 1.95. The zero-order valence-corrected chi connectivity index (χ0v) is 14.0. The lowest BCUT2D eigenvalue weighted by Gasteiger charge is -2.16. The van der Waals surface area contributed by atoms with Crippen molar-refractivity contribution >= 4 is 34.5 Å². The van der Waals surface area contributed by atoms with Gasteiger partial charge in [0.15, 0.2) is 0 Å². The van der Waals surface area contributed by atoms with Gasteiger partial charge >= 0.3 is 0 Å². The number of hydrogen-bond donors (Lipinski definition) is 2. The molecule has 118 valence electrons. The van der Waals surface area contributed by atoms with E-state index >= 15 is 0 Å². The number of nitrogens with two attached hydrogens (primary N) is 1. The number of hydrogen-bond acceptors (Lipinski definition) is 3. The minimum Gasteiger partial charge on any atom is -0.326 e. The van der Waals surface area contributed by atoms with Crippen molar-refractivity contribution in [3.63, 3.8) is 0 Å². The predicted molar refractivity (Wildman–Crippen MR) is 89.8 cm³/mol. The number of nitrogens with one attached hydrogen (secondary N) is 1. The first-order valence-electron chi connectivity index (χ1n) is 6.94. The first-order chi connectivity index (χ1) is 10.4. The largest absolute Gasteiger partial charge is 0.326 e. The summed E-state index contributed by atoms with van der Waals surface area (Å²) >= 11 is 7.34.